The lowest BCUT2D eigenvalue weighted by atomic mass is 9.85. The largest absolute Gasteiger partial charge is 0.372 e. The van der Waals surface area contributed by atoms with Crippen molar-refractivity contribution in [2.45, 2.75) is 39.7 Å². The molecule has 4 nitrogen and oxygen atoms in total. The Hall–Kier alpha value is -1.98. The summed E-state index contributed by atoms with van der Waals surface area (Å²) in [5, 5.41) is 7.03. The Balaban J connectivity index is 2.50. The van der Waals surface area contributed by atoms with Crippen molar-refractivity contribution in [1.82, 2.24) is 5.43 Å². The van der Waals surface area contributed by atoms with Crippen LogP contribution in [0.1, 0.15) is 31.9 Å². The second-order valence-electron chi connectivity index (χ2n) is 5.50. The van der Waals surface area contributed by atoms with Gasteiger partial charge in [0.1, 0.15) is 0 Å². The summed E-state index contributed by atoms with van der Waals surface area (Å²) in [5.74, 6) is -2.02. The zero-order chi connectivity index (χ0) is 15.1. The number of nitrogens with one attached hydrogen (secondary N) is 2. The number of nitrogens with zero attached hydrogens (tertiary/aromatic N) is 1. The lowest BCUT2D eigenvalue weighted by Gasteiger charge is -2.36. The van der Waals surface area contributed by atoms with Crippen LogP contribution >= 0.6 is 0 Å². The second kappa shape index (κ2) is 4.85. The number of amides is 1. The van der Waals surface area contributed by atoms with E-state index in [1.165, 1.54) is 13.0 Å². The van der Waals surface area contributed by atoms with Gasteiger partial charge in [0.2, 0.25) is 5.91 Å². The molecule has 2 rings (SSSR count). The molecule has 0 saturated heterocycles. The first-order valence-corrected chi connectivity index (χ1v) is 6.31. The van der Waals surface area contributed by atoms with Gasteiger partial charge in [-0.3, -0.25) is 4.79 Å². The molecule has 108 valence electrons. The first-order chi connectivity index (χ1) is 9.22. The van der Waals surface area contributed by atoms with E-state index in [2.05, 4.69) is 15.8 Å². The van der Waals surface area contributed by atoms with E-state index in [1.807, 2.05) is 0 Å². The Labute approximate surface area is 116 Å². The van der Waals surface area contributed by atoms with Crippen LogP contribution in [-0.2, 0) is 11.2 Å². The molecule has 0 fully saturated rings. The molecular formula is C14H17F2N3O. The summed E-state index contributed by atoms with van der Waals surface area (Å²) >= 11 is 0. The quantitative estimate of drug-likeness (QED) is 0.777. The highest BCUT2D eigenvalue weighted by molar-refractivity contribution is 6.01. The molecule has 1 amide bonds. The fraction of sp³-hybridized carbons (Fsp3) is 0.429. The predicted octanol–water partition coefficient (Wildman–Crippen LogP) is 2.51. The first-order valence-electron chi connectivity index (χ1n) is 6.31. The summed E-state index contributed by atoms with van der Waals surface area (Å²) in [6, 6.07) is 1.17. The van der Waals surface area contributed by atoms with Gasteiger partial charge >= 0.3 is 0 Å². The summed E-state index contributed by atoms with van der Waals surface area (Å²) in [6.07, 6.45) is 0.360. The maximum atomic E-state index is 13.9. The van der Waals surface area contributed by atoms with Crippen LogP contribution in [0.25, 0.3) is 0 Å². The Morgan fingerprint density at radius 3 is 2.70 bits per heavy atom. The summed E-state index contributed by atoms with van der Waals surface area (Å²) in [5.41, 5.74) is 3.86. The minimum Gasteiger partial charge on any atom is -0.372 e. The van der Waals surface area contributed by atoms with Crippen molar-refractivity contribution in [3.05, 3.63) is 28.8 Å². The third-order valence-corrected chi connectivity index (χ3v) is 3.40. The molecule has 0 spiro atoms. The Bertz CT molecular complexity index is 609. The van der Waals surface area contributed by atoms with Crippen molar-refractivity contribution in [2.24, 2.45) is 5.10 Å². The normalized spacial score (nSPS) is 18.4. The number of carbonyl (C=O) groups is 1. The van der Waals surface area contributed by atoms with Crippen LogP contribution < -0.4 is 10.7 Å². The third-order valence-electron chi connectivity index (χ3n) is 3.40. The maximum Gasteiger partial charge on any atom is 0.236 e. The number of benzene rings is 1. The predicted molar refractivity (Wildman–Crippen MR) is 73.8 cm³/mol. The van der Waals surface area contributed by atoms with E-state index in [0.717, 1.165) is 0 Å². The molecule has 0 aliphatic carbocycles. The van der Waals surface area contributed by atoms with Gasteiger partial charge in [0.05, 0.1) is 16.9 Å². The van der Waals surface area contributed by atoms with Crippen LogP contribution in [0, 0.1) is 18.6 Å². The van der Waals surface area contributed by atoms with E-state index < -0.39 is 17.2 Å². The highest BCUT2D eigenvalue weighted by Gasteiger charge is 2.34. The highest BCUT2D eigenvalue weighted by atomic mass is 19.2. The van der Waals surface area contributed by atoms with Crippen molar-refractivity contribution in [3.63, 3.8) is 0 Å². The zero-order valence-electron chi connectivity index (χ0n) is 11.9. The van der Waals surface area contributed by atoms with Crippen LogP contribution in [0.2, 0.25) is 0 Å². The van der Waals surface area contributed by atoms with Crippen LogP contribution in [0.4, 0.5) is 14.5 Å². The monoisotopic (exact) mass is 281 g/mol. The number of aryl methyl sites for hydroxylation is 1. The first kappa shape index (κ1) is 14.4. The van der Waals surface area contributed by atoms with Gasteiger partial charge in [-0.1, -0.05) is 0 Å². The fourth-order valence-electron chi connectivity index (χ4n) is 2.25. The molecule has 1 aliphatic rings. The van der Waals surface area contributed by atoms with Gasteiger partial charge in [0.25, 0.3) is 0 Å². The van der Waals surface area contributed by atoms with Crippen LogP contribution in [-0.4, -0.2) is 17.2 Å². The van der Waals surface area contributed by atoms with Crippen LogP contribution in [0.5, 0.6) is 0 Å². The third kappa shape index (κ3) is 2.50. The summed E-state index contributed by atoms with van der Waals surface area (Å²) in [4.78, 5) is 11.0. The molecule has 0 radical (unpaired) electrons. The molecule has 0 bridgehead atoms. The van der Waals surface area contributed by atoms with Crippen molar-refractivity contribution >= 4 is 17.3 Å². The van der Waals surface area contributed by atoms with Crippen molar-refractivity contribution in [1.29, 1.82) is 0 Å². The number of hydrazone groups is 1. The number of carbonyl (C=O) groups excluding carboxylic acids is 1. The van der Waals surface area contributed by atoms with Crippen molar-refractivity contribution < 1.29 is 13.6 Å². The van der Waals surface area contributed by atoms with E-state index in [-0.39, 0.29) is 11.6 Å². The van der Waals surface area contributed by atoms with Crippen molar-refractivity contribution in [3.8, 4) is 0 Å². The summed E-state index contributed by atoms with van der Waals surface area (Å²) in [6.45, 7) is 6.69. The molecular weight excluding hydrogens is 264 g/mol. The smallest absolute Gasteiger partial charge is 0.236 e. The SMILES string of the molecule is CC(=O)N/N=C1\Cc2c(C)cc(F)c(F)c2NC1(C)C. The van der Waals surface area contributed by atoms with Gasteiger partial charge in [-0.15, -0.1) is 0 Å². The molecule has 1 aromatic carbocycles. The topological polar surface area (TPSA) is 53.5 Å². The van der Waals surface area contributed by atoms with E-state index in [0.29, 0.717) is 23.3 Å². The van der Waals surface area contributed by atoms with Crippen molar-refractivity contribution in [2.75, 3.05) is 5.32 Å². The molecule has 2 N–H and O–H groups in total. The maximum absolute atomic E-state index is 13.9. The average molecular weight is 281 g/mol. The summed E-state index contributed by atoms with van der Waals surface area (Å²) in [7, 11) is 0. The van der Waals surface area contributed by atoms with E-state index in [4.69, 9.17) is 0 Å². The number of halogens is 2. The van der Waals surface area contributed by atoms with Gasteiger partial charge in [-0.2, -0.15) is 5.10 Å². The van der Waals surface area contributed by atoms with Gasteiger partial charge in [-0.25, -0.2) is 14.2 Å². The molecule has 0 aromatic heterocycles. The average Bonchev–Trinajstić information content (AvgIpc) is 2.33. The molecule has 0 atom stereocenters. The lowest BCUT2D eigenvalue weighted by molar-refractivity contribution is -0.118. The minimum atomic E-state index is -0.878. The number of hydrogen-bond donors (Lipinski definition) is 2. The fourth-order valence-corrected chi connectivity index (χ4v) is 2.25. The van der Waals surface area contributed by atoms with Gasteiger partial charge < -0.3 is 5.32 Å². The molecule has 0 saturated carbocycles. The van der Waals surface area contributed by atoms with E-state index >= 15 is 0 Å². The van der Waals surface area contributed by atoms with Gasteiger partial charge in [0, 0.05) is 13.3 Å². The molecule has 1 aromatic rings. The van der Waals surface area contributed by atoms with Crippen LogP contribution in [0.15, 0.2) is 11.2 Å². The number of fused-ring (bicyclic) bond motifs is 1. The Morgan fingerprint density at radius 1 is 1.45 bits per heavy atom. The minimum absolute atomic E-state index is 0.175. The lowest BCUT2D eigenvalue weighted by Crippen LogP contribution is -2.46. The number of rotatable bonds is 1. The Morgan fingerprint density at radius 2 is 2.10 bits per heavy atom. The summed E-state index contributed by atoms with van der Waals surface area (Å²) < 4.78 is 27.4. The van der Waals surface area contributed by atoms with Gasteiger partial charge in [0.15, 0.2) is 11.6 Å². The number of anilines is 1. The number of hydrogen-bond acceptors (Lipinski definition) is 3. The molecule has 1 heterocycles. The van der Waals surface area contributed by atoms with E-state index in [9.17, 15) is 13.6 Å². The molecule has 1 aliphatic heterocycles. The Kier molecular flexibility index (Phi) is 3.50. The standard InChI is InChI=1S/C14H17F2N3O/c1-7-5-10(15)12(16)13-9(7)6-11(14(3,4)17-13)19-18-8(2)20/h5,17H,6H2,1-4H3,(H,18,20)/b19-11+. The second-order valence-corrected chi connectivity index (χ2v) is 5.50. The van der Waals surface area contributed by atoms with Crippen LogP contribution in [0.3, 0.4) is 0 Å². The zero-order valence-corrected chi connectivity index (χ0v) is 11.9. The molecule has 6 heteroatoms. The van der Waals surface area contributed by atoms with E-state index in [1.54, 1.807) is 20.8 Å². The molecule has 0 unspecified atom stereocenters. The van der Waals surface area contributed by atoms with Gasteiger partial charge in [-0.05, 0) is 38.0 Å². The molecule has 20 heavy (non-hydrogen) atoms. The highest BCUT2D eigenvalue weighted by Crippen LogP contribution is 2.34.